The SMILES string of the molecule is BrCCCCCCCCCCCCCCc1ccccc1. The number of rotatable bonds is 14. The van der Waals surface area contributed by atoms with Gasteiger partial charge in [-0.2, -0.15) is 0 Å². The first kappa shape index (κ1) is 18.7. The maximum atomic E-state index is 3.49. The second-order valence-corrected chi connectivity index (χ2v) is 6.96. The first-order valence-electron chi connectivity index (χ1n) is 9.03. The van der Waals surface area contributed by atoms with Crippen LogP contribution in [-0.4, -0.2) is 5.33 Å². The van der Waals surface area contributed by atoms with Crippen molar-refractivity contribution in [1.29, 1.82) is 0 Å². The molecule has 0 spiro atoms. The highest BCUT2D eigenvalue weighted by Crippen LogP contribution is 2.13. The molecular weight excluding hydrogens is 320 g/mol. The molecule has 1 aromatic carbocycles. The van der Waals surface area contributed by atoms with Gasteiger partial charge in [0.15, 0.2) is 0 Å². The van der Waals surface area contributed by atoms with Crippen LogP contribution in [-0.2, 0) is 6.42 Å². The van der Waals surface area contributed by atoms with Gasteiger partial charge in [0.05, 0.1) is 0 Å². The van der Waals surface area contributed by atoms with Crippen LogP contribution in [0.15, 0.2) is 30.3 Å². The van der Waals surface area contributed by atoms with Gasteiger partial charge in [0.2, 0.25) is 0 Å². The summed E-state index contributed by atoms with van der Waals surface area (Å²) in [7, 11) is 0. The molecule has 0 aliphatic heterocycles. The van der Waals surface area contributed by atoms with E-state index < -0.39 is 0 Å². The van der Waals surface area contributed by atoms with Crippen molar-refractivity contribution in [1.82, 2.24) is 0 Å². The van der Waals surface area contributed by atoms with Crippen LogP contribution >= 0.6 is 15.9 Å². The van der Waals surface area contributed by atoms with Crippen molar-refractivity contribution in [3.8, 4) is 0 Å². The van der Waals surface area contributed by atoms with Gasteiger partial charge in [-0.25, -0.2) is 0 Å². The molecule has 120 valence electrons. The van der Waals surface area contributed by atoms with Crippen LogP contribution in [0.2, 0.25) is 0 Å². The second kappa shape index (κ2) is 14.6. The summed E-state index contributed by atoms with van der Waals surface area (Å²) in [5.41, 5.74) is 1.50. The minimum absolute atomic E-state index is 1.18. The van der Waals surface area contributed by atoms with Crippen molar-refractivity contribution in [2.45, 2.75) is 83.5 Å². The number of halogens is 1. The Morgan fingerprint density at radius 3 is 1.43 bits per heavy atom. The van der Waals surface area contributed by atoms with E-state index >= 15 is 0 Å². The molecule has 0 amide bonds. The van der Waals surface area contributed by atoms with Crippen LogP contribution in [0, 0.1) is 0 Å². The zero-order valence-electron chi connectivity index (χ0n) is 13.7. The molecule has 1 heteroatoms. The third-order valence-electron chi connectivity index (χ3n) is 4.19. The van der Waals surface area contributed by atoms with Crippen molar-refractivity contribution in [3.63, 3.8) is 0 Å². The van der Waals surface area contributed by atoms with E-state index in [2.05, 4.69) is 46.3 Å². The Labute approximate surface area is 140 Å². The minimum atomic E-state index is 1.18. The molecular formula is C20H33Br. The predicted octanol–water partition coefficient (Wildman–Crippen LogP) is 7.31. The third-order valence-corrected chi connectivity index (χ3v) is 4.75. The highest BCUT2D eigenvalue weighted by atomic mass is 79.9. The summed E-state index contributed by atoms with van der Waals surface area (Å²) in [6.07, 6.45) is 18.4. The molecule has 0 bridgehead atoms. The average molecular weight is 353 g/mol. The topological polar surface area (TPSA) is 0 Å². The zero-order valence-corrected chi connectivity index (χ0v) is 15.3. The van der Waals surface area contributed by atoms with Crippen molar-refractivity contribution in [2.75, 3.05) is 5.33 Å². The quantitative estimate of drug-likeness (QED) is 0.243. The lowest BCUT2D eigenvalue weighted by Gasteiger charge is -2.03. The van der Waals surface area contributed by atoms with Crippen molar-refractivity contribution in [3.05, 3.63) is 35.9 Å². The molecule has 0 fully saturated rings. The fourth-order valence-corrected chi connectivity index (χ4v) is 3.23. The first-order chi connectivity index (χ1) is 10.4. The third kappa shape index (κ3) is 12.0. The second-order valence-electron chi connectivity index (χ2n) is 6.17. The summed E-state index contributed by atoms with van der Waals surface area (Å²) in [4.78, 5) is 0. The molecule has 1 aromatic rings. The van der Waals surface area contributed by atoms with Gasteiger partial charge in [0.25, 0.3) is 0 Å². The van der Waals surface area contributed by atoms with Gasteiger partial charge in [-0.05, 0) is 24.8 Å². The van der Waals surface area contributed by atoms with Gasteiger partial charge in [-0.1, -0.05) is 110 Å². The lowest BCUT2D eigenvalue weighted by Crippen LogP contribution is -1.86. The molecule has 0 nitrogen and oxygen atoms in total. The number of hydrogen-bond donors (Lipinski definition) is 0. The highest BCUT2D eigenvalue weighted by molar-refractivity contribution is 9.09. The lowest BCUT2D eigenvalue weighted by molar-refractivity contribution is 0.544. The summed E-state index contributed by atoms with van der Waals surface area (Å²) in [5, 5.41) is 1.18. The van der Waals surface area contributed by atoms with E-state index in [1.807, 2.05) is 0 Å². The normalized spacial score (nSPS) is 10.9. The van der Waals surface area contributed by atoms with Crippen molar-refractivity contribution < 1.29 is 0 Å². The molecule has 0 heterocycles. The smallest absolute Gasteiger partial charge is 0.00313 e. The molecule has 0 aliphatic carbocycles. The Bertz CT molecular complexity index is 307. The summed E-state index contributed by atoms with van der Waals surface area (Å²) < 4.78 is 0. The monoisotopic (exact) mass is 352 g/mol. The van der Waals surface area contributed by atoms with Crippen molar-refractivity contribution in [2.24, 2.45) is 0 Å². The summed E-state index contributed by atoms with van der Waals surface area (Å²) in [5.74, 6) is 0. The largest absolute Gasteiger partial charge is 0.0928 e. The van der Waals surface area contributed by atoms with E-state index in [0.29, 0.717) is 0 Å². The van der Waals surface area contributed by atoms with Gasteiger partial charge in [0.1, 0.15) is 0 Å². The molecule has 0 saturated heterocycles. The van der Waals surface area contributed by atoms with E-state index in [1.165, 1.54) is 94.4 Å². The maximum Gasteiger partial charge on any atom is 0.00313 e. The van der Waals surface area contributed by atoms with E-state index in [9.17, 15) is 0 Å². The summed E-state index contributed by atoms with van der Waals surface area (Å²) in [6.45, 7) is 0. The molecule has 0 atom stereocenters. The maximum absolute atomic E-state index is 3.49. The standard InChI is InChI=1S/C20H33Br/c21-19-15-10-8-6-4-2-1-3-5-7-9-12-16-20-17-13-11-14-18-20/h11,13-14,17-18H,1-10,12,15-16,19H2. The number of unbranched alkanes of at least 4 members (excludes halogenated alkanes) is 11. The Hall–Kier alpha value is -0.300. The van der Waals surface area contributed by atoms with Crippen LogP contribution in [0.1, 0.15) is 82.6 Å². The first-order valence-corrected chi connectivity index (χ1v) is 10.2. The van der Waals surface area contributed by atoms with Crippen LogP contribution < -0.4 is 0 Å². The van der Waals surface area contributed by atoms with Crippen LogP contribution in [0.5, 0.6) is 0 Å². The van der Waals surface area contributed by atoms with Crippen LogP contribution in [0.3, 0.4) is 0 Å². The van der Waals surface area contributed by atoms with Gasteiger partial charge in [0, 0.05) is 5.33 Å². The van der Waals surface area contributed by atoms with Crippen molar-refractivity contribution >= 4 is 15.9 Å². The Morgan fingerprint density at radius 1 is 0.524 bits per heavy atom. The molecule has 21 heavy (non-hydrogen) atoms. The zero-order chi connectivity index (χ0) is 15.0. The predicted molar refractivity (Wildman–Crippen MR) is 99.3 cm³/mol. The Kier molecular flexibility index (Phi) is 13.1. The van der Waals surface area contributed by atoms with E-state index in [0.717, 1.165) is 0 Å². The number of hydrogen-bond acceptors (Lipinski definition) is 0. The summed E-state index contributed by atoms with van der Waals surface area (Å²) in [6, 6.07) is 10.9. The number of benzene rings is 1. The van der Waals surface area contributed by atoms with Crippen LogP contribution in [0.25, 0.3) is 0 Å². The fourth-order valence-electron chi connectivity index (χ4n) is 2.84. The minimum Gasteiger partial charge on any atom is -0.0928 e. The molecule has 0 radical (unpaired) electrons. The molecule has 0 aliphatic rings. The molecule has 0 saturated carbocycles. The highest BCUT2D eigenvalue weighted by Gasteiger charge is 1.95. The number of alkyl halides is 1. The van der Waals surface area contributed by atoms with Crippen LogP contribution in [0.4, 0.5) is 0 Å². The lowest BCUT2D eigenvalue weighted by atomic mass is 10.0. The van der Waals surface area contributed by atoms with E-state index in [1.54, 1.807) is 0 Å². The van der Waals surface area contributed by atoms with Gasteiger partial charge >= 0.3 is 0 Å². The number of aryl methyl sites for hydroxylation is 1. The van der Waals surface area contributed by atoms with Gasteiger partial charge in [-0.3, -0.25) is 0 Å². The molecule has 1 rings (SSSR count). The van der Waals surface area contributed by atoms with Gasteiger partial charge < -0.3 is 0 Å². The fraction of sp³-hybridized carbons (Fsp3) is 0.700. The molecule has 0 N–H and O–H groups in total. The van der Waals surface area contributed by atoms with Gasteiger partial charge in [-0.15, -0.1) is 0 Å². The summed E-state index contributed by atoms with van der Waals surface area (Å²) >= 11 is 3.49. The Balaban J connectivity index is 1.75. The van der Waals surface area contributed by atoms with E-state index in [4.69, 9.17) is 0 Å². The van der Waals surface area contributed by atoms with E-state index in [-0.39, 0.29) is 0 Å². The Morgan fingerprint density at radius 2 is 0.952 bits per heavy atom. The average Bonchev–Trinajstić information content (AvgIpc) is 2.53. The molecule has 0 aromatic heterocycles. The molecule has 0 unspecified atom stereocenters.